The van der Waals surface area contributed by atoms with Crippen LogP contribution in [0.2, 0.25) is 10.0 Å². The number of nitrogens with zero attached hydrogens (tertiary/aromatic N) is 3. The summed E-state index contributed by atoms with van der Waals surface area (Å²) in [5.41, 5.74) is 0.943. The fourth-order valence-electron chi connectivity index (χ4n) is 3.70. The standard InChI is InChI=1S/C21H23Cl2N3O4/c1-24(21(28)10-15-9-17(22)18(23)11-19(15)26(29)30)20(14-5-3-2-4-6-14)13-25-8-7-16(27)12-25/h2-6,9,11,16,20,27H,7-8,10,12-13H2,1H3. The van der Waals surface area contributed by atoms with Gasteiger partial charge in [-0.25, -0.2) is 0 Å². The van der Waals surface area contributed by atoms with E-state index in [0.29, 0.717) is 19.5 Å². The molecule has 30 heavy (non-hydrogen) atoms. The van der Waals surface area contributed by atoms with Crippen LogP contribution in [0.3, 0.4) is 0 Å². The second-order valence-electron chi connectivity index (χ2n) is 7.46. The Bertz CT molecular complexity index is 926. The van der Waals surface area contributed by atoms with Crippen LogP contribution >= 0.6 is 23.2 Å². The highest BCUT2D eigenvalue weighted by atomic mass is 35.5. The second kappa shape index (κ2) is 9.75. The van der Waals surface area contributed by atoms with Gasteiger partial charge in [0, 0.05) is 38.3 Å². The Hall–Kier alpha value is -2.19. The number of likely N-dealkylation sites (tertiary alicyclic amines) is 1. The molecule has 7 nitrogen and oxygen atoms in total. The molecule has 3 rings (SSSR count). The number of carbonyl (C=O) groups is 1. The van der Waals surface area contributed by atoms with Crippen LogP contribution in [0.25, 0.3) is 0 Å². The Kier molecular flexibility index (Phi) is 7.31. The molecule has 0 aliphatic carbocycles. The number of benzene rings is 2. The largest absolute Gasteiger partial charge is 0.392 e. The fraction of sp³-hybridized carbons (Fsp3) is 0.381. The average molecular weight is 452 g/mol. The first-order chi connectivity index (χ1) is 14.3. The van der Waals surface area contributed by atoms with E-state index in [1.165, 1.54) is 12.1 Å². The zero-order valence-electron chi connectivity index (χ0n) is 16.5. The molecule has 2 unspecified atom stereocenters. The number of aliphatic hydroxyl groups excluding tert-OH is 1. The van der Waals surface area contributed by atoms with E-state index >= 15 is 0 Å². The summed E-state index contributed by atoms with van der Waals surface area (Å²) < 4.78 is 0. The summed E-state index contributed by atoms with van der Waals surface area (Å²) in [7, 11) is 1.69. The van der Waals surface area contributed by atoms with E-state index in [-0.39, 0.29) is 45.8 Å². The summed E-state index contributed by atoms with van der Waals surface area (Å²) >= 11 is 11.9. The monoisotopic (exact) mass is 451 g/mol. The molecule has 0 spiro atoms. The molecule has 0 radical (unpaired) electrons. The first kappa shape index (κ1) is 22.5. The van der Waals surface area contributed by atoms with Crippen molar-refractivity contribution in [2.24, 2.45) is 0 Å². The van der Waals surface area contributed by atoms with Gasteiger partial charge in [-0.1, -0.05) is 53.5 Å². The van der Waals surface area contributed by atoms with Crippen molar-refractivity contribution in [2.75, 3.05) is 26.7 Å². The van der Waals surface area contributed by atoms with Crippen LogP contribution in [0.15, 0.2) is 42.5 Å². The first-order valence-electron chi connectivity index (χ1n) is 9.59. The Balaban J connectivity index is 1.84. The van der Waals surface area contributed by atoms with Crippen molar-refractivity contribution in [2.45, 2.75) is 25.0 Å². The number of rotatable bonds is 7. The fourth-order valence-corrected chi connectivity index (χ4v) is 4.04. The van der Waals surface area contributed by atoms with E-state index < -0.39 is 4.92 Å². The lowest BCUT2D eigenvalue weighted by Gasteiger charge is -2.32. The third kappa shape index (κ3) is 5.29. The summed E-state index contributed by atoms with van der Waals surface area (Å²) in [5, 5.41) is 21.5. The topological polar surface area (TPSA) is 86.9 Å². The minimum Gasteiger partial charge on any atom is -0.392 e. The Morgan fingerprint density at radius 2 is 1.97 bits per heavy atom. The number of hydrogen-bond donors (Lipinski definition) is 1. The Morgan fingerprint density at radius 3 is 2.57 bits per heavy atom. The van der Waals surface area contributed by atoms with Crippen LogP contribution in [0, 0.1) is 10.1 Å². The number of carbonyl (C=O) groups excluding carboxylic acids is 1. The Morgan fingerprint density at radius 1 is 1.30 bits per heavy atom. The number of β-amino-alcohol motifs (C(OH)–C–C–N with tert-alkyl or cyclic N) is 1. The molecule has 1 fully saturated rings. The predicted octanol–water partition coefficient (Wildman–Crippen LogP) is 3.71. The molecular formula is C21H23Cl2N3O4. The summed E-state index contributed by atoms with van der Waals surface area (Å²) in [5.74, 6) is -0.273. The predicted molar refractivity (Wildman–Crippen MR) is 116 cm³/mol. The number of hydrogen-bond acceptors (Lipinski definition) is 5. The maximum absolute atomic E-state index is 13.1. The molecule has 1 saturated heterocycles. The highest BCUT2D eigenvalue weighted by Gasteiger charge is 2.29. The van der Waals surface area contributed by atoms with Crippen LogP contribution in [0.5, 0.6) is 0 Å². The van der Waals surface area contributed by atoms with Crippen molar-refractivity contribution in [1.29, 1.82) is 0 Å². The summed E-state index contributed by atoms with van der Waals surface area (Å²) in [6, 6.07) is 11.9. The van der Waals surface area contributed by atoms with Gasteiger partial charge >= 0.3 is 0 Å². The molecule has 2 aromatic carbocycles. The van der Waals surface area contributed by atoms with Gasteiger partial charge in [0.1, 0.15) is 0 Å². The van der Waals surface area contributed by atoms with Gasteiger partial charge < -0.3 is 10.0 Å². The number of halogens is 2. The molecule has 1 N–H and O–H groups in total. The van der Waals surface area contributed by atoms with Crippen LogP contribution in [-0.4, -0.2) is 58.5 Å². The van der Waals surface area contributed by atoms with Gasteiger partial charge in [0.2, 0.25) is 5.91 Å². The SMILES string of the molecule is CN(C(=O)Cc1cc(Cl)c(Cl)cc1[N+](=O)[O-])C(CN1CCC(O)C1)c1ccccc1. The van der Waals surface area contributed by atoms with Gasteiger partial charge in [0.05, 0.1) is 33.5 Å². The van der Waals surface area contributed by atoms with Crippen molar-refractivity contribution in [1.82, 2.24) is 9.80 Å². The van der Waals surface area contributed by atoms with E-state index in [4.69, 9.17) is 23.2 Å². The molecule has 9 heteroatoms. The molecule has 0 saturated carbocycles. The number of aliphatic hydroxyl groups is 1. The smallest absolute Gasteiger partial charge is 0.274 e. The zero-order valence-corrected chi connectivity index (χ0v) is 18.0. The lowest BCUT2D eigenvalue weighted by atomic mass is 10.0. The molecule has 1 heterocycles. The van der Waals surface area contributed by atoms with Crippen LogP contribution in [0.4, 0.5) is 5.69 Å². The molecule has 1 aliphatic heterocycles. The third-order valence-corrected chi connectivity index (χ3v) is 6.11. The van der Waals surface area contributed by atoms with Crippen LogP contribution in [-0.2, 0) is 11.2 Å². The lowest BCUT2D eigenvalue weighted by Crippen LogP contribution is -2.39. The molecule has 1 aliphatic rings. The summed E-state index contributed by atoms with van der Waals surface area (Å²) in [4.78, 5) is 27.7. The third-order valence-electron chi connectivity index (χ3n) is 5.38. The minimum atomic E-state index is -0.564. The van der Waals surface area contributed by atoms with Crippen molar-refractivity contribution in [3.63, 3.8) is 0 Å². The number of nitro groups is 1. The van der Waals surface area contributed by atoms with Crippen LogP contribution in [0.1, 0.15) is 23.6 Å². The van der Waals surface area contributed by atoms with Crippen molar-refractivity contribution < 1.29 is 14.8 Å². The molecule has 1 amide bonds. The molecule has 160 valence electrons. The molecule has 0 bridgehead atoms. The Labute approximate surface area is 185 Å². The first-order valence-corrected chi connectivity index (χ1v) is 10.3. The van der Waals surface area contributed by atoms with Crippen LogP contribution < -0.4 is 0 Å². The maximum Gasteiger partial charge on any atom is 0.274 e. The summed E-state index contributed by atoms with van der Waals surface area (Å²) in [6.07, 6.45) is 0.172. The van der Waals surface area contributed by atoms with Gasteiger partial charge in [0.15, 0.2) is 0 Å². The normalized spacial score (nSPS) is 17.7. The summed E-state index contributed by atoms with van der Waals surface area (Å²) in [6.45, 7) is 1.88. The van der Waals surface area contributed by atoms with Crippen molar-refractivity contribution in [3.8, 4) is 0 Å². The maximum atomic E-state index is 13.1. The number of nitro benzene ring substituents is 1. The van der Waals surface area contributed by atoms with Gasteiger partial charge in [-0.15, -0.1) is 0 Å². The highest BCUT2D eigenvalue weighted by molar-refractivity contribution is 6.42. The number of likely N-dealkylation sites (N-methyl/N-ethyl adjacent to an activating group) is 1. The van der Waals surface area contributed by atoms with Crippen molar-refractivity contribution in [3.05, 3.63) is 73.8 Å². The molecule has 2 atom stereocenters. The van der Waals surface area contributed by atoms with Gasteiger partial charge in [-0.3, -0.25) is 19.8 Å². The molecular weight excluding hydrogens is 429 g/mol. The second-order valence-corrected chi connectivity index (χ2v) is 8.28. The number of amides is 1. The zero-order chi connectivity index (χ0) is 21.8. The average Bonchev–Trinajstić information content (AvgIpc) is 3.13. The van der Waals surface area contributed by atoms with Gasteiger partial charge in [0.25, 0.3) is 5.69 Å². The minimum absolute atomic E-state index is 0.0719. The van der Waals surface area contributed by atoms with E-state index in [9.17, 15) is 20.0 Å². The van der Waals surface area contributed by atoms with Gasteiger partial charge in [-0.2, -0.15) is 0 Å². The van der Waals surface area contributed by atoms with E-state index in [1.807, 2.05) is 30.3 Å². The lowest BCUT2D eigenvalue weighted by molar-refractivity contribution is -0.385. The highest BCUT2D eigenvalue weighted by Crippen LogP contribution is 2.32. The quantitative estimate of drug-likeness (QED) is 0.511. The van der Waals surface area contributed by atoms with E-state index in [0.717, 1.165) is 12.1 Å². The molecule has 0 aromatic heterocycles. The van der Waals surface area contributed by atoms with Gasteiger partial charge in [-0.05, 0) is 18.1 Å². The molecule has 2 aromatic rings. The van der Waals surface area contributed by atoms with E-state index in [1.54, 1.807) is 11.9 Å². The van der Waals surface area contributed by atoms with E-state index in [2.05, 4.69) is 4.90 Å². The van der Waals surface area contributed by atoms with Crippen molar-refractivity contribution >= 4 is 34.8 Å².